The first-order chi connectivity index (χ1) is 9.67. The molecule has 0 saturated heterocycles. The van der Waals surface area contributed by atoms with Crippen molar-refractivity contribution in [2.75, 3.05) is 6.54 Å². The highest BCUT2D eigenvalue weighted by molar-refractivity contribution is 5.29. The molecule has 106 valence electrons. The number of nitrogens with one attached hydrogen (secondary N) is 1. The van der Waals surface area contributed by atoms with Crippen molar-refractivity contribution in [2.24, 2.45) is 0 Å². The normalized spacial score (nSPS) is 12.3. The van der Waals surface area contributed by atoms with Crippen LogP contribution in [0.1, 0.15) is 29.2 Å². The van der Waals surface area contributed by atoms with Crippen LogP contribution in [0.3, 0.4) is 0 Å². The average molecular weight is 267 g/mol. The van der Waals surface area contributed by atoms with Crippen molar-refractivity contribution >= 4 is 0 Å². The van der Waals surface area contributed by atoms with E-state index in [1.165, 1.54) is 22.3 Å². The lowest BCUT2D eigenvalue weighted by Gasteiger charge is -2.19. The van der Waals surface area contributed by atoms with E-state index in [1.54, 1.807) is 0 Å². The molecule has 1 heteroatoms. The smallest absolute Gasteiger partial charge is 0.0148 e. The molecule has 0 radical (unpaired) electrons. The molecule has 0 aromatic heterocycles. The Morgan fingerprint density at radius 2 is 1.45 bits per heavy atom. The lowest BCUT2D eigenvalue weighted by atomic mass is 9.97. The van der Waals surface area contributed by atoms with Crippen LogP contribution in [0, 0.1) is 13.8 Å². The minimum absolute atomic E-state index is 0.503. The highest BCUT2D eigenvalue weighted by atomic mass is 14.9. The Hall–Kier alpha value is -1.60. The predicted octanol–water partition coefficient (Wildman–Crippen LogP) is 4.07. The molecular weight excluding hydrogens is 242 g/mol. The van der Waals surface area contributed by atoms with Crippen LogP contribution >= 0.6 is 0 Å². The molecule has 2 aromatic carbocycles. The summed E-state index contributed by atoms with van der Waals surface area (Å²) in [5.41, 5.74) is 5.55. The number of rotatable bonds is 6. The minimum Gasteiger partial charge on any atom is -0.314 e. The SMILES string of the molecule is CCNC(Cc1ccccc1)Cc1cc(C)cc(C)c1. The third-order valence-electron chi connectivity index (χ3n) is 3.58. The van der Waals surface area contributed by atoms with Gasteiger partial charge in [-0.3, -0.25) is 0 Å². The quantitative estimate of drug-likeness (QED) is 0.832. The van der Waals surface area contributed by atoms with Gasteiger partial charge in [0.25, 0.3) is 0 Å². The van der Waals surface area contributed by atoms with Crippen LogP contribution in [-0.2, 0) is 12.8 Å². The average Bonchev–Trinajstić information content (AvgIpc) is 2.39. The maximum atomic E-state index is 3.62. The van der Waals surface area contributed by atoms with Crippen LogP contribution < -0.4 is 5.32 Å². The van der Waals surface area contributed by atoms with Gasteiger partial charge < -0.3 is 5.32 Å². The lowest BCUT2D eigenvalue weighted by molar-refractivity contribution is 0.521. The summed E-state index contributed by atoms with van der Waals surface area (Å²) >= 11 is 0. The Balaban J connectivity index is 2.08. The predicted molar refractivity (Wildman–Crippen MR) is 87.2 cm³/mol. The molecule has 2 rings (SSSR count). The Morgan fingerprint density at radius 3 is 2.05 bits per heavy atom. The Morgan fingerprint density at radius 1 is 0.850 bits per heavy atom. The maximum Gasteiger partial charge on any atom is 0.0148 e. The van der Waals surface area contributed by atoms with Crippen molar-refractivity contribution in [3.63, 3.8) is 0 Å². The number of hydrogen-bond donors (Lipinski definition) is 1. The summed E-state index contributed by atoms with van der Waals surface area (Å²) in [6.45, 7) is 7.55. The zero-order valence-corrected chi connectivity index (χ0v) is 12.8. The van der Waals surface area contributed by atoms with Crippen LogP contribution in [-0.4, -0.2) is 12.6 Å². The summed E-state index contributed by atoms with van der Waals surface area (Å²) in [4.78, 5) is 0. The van der Waals surface area contributed by atoms with Crippen LogP contribution in [0.5, 0.6) is 0 Å². The molecule has 0 heterocycles. The summed E-state index contributed by atoms with van der Waals surface area (Å²) in [6.07, 6.45) is 2.17. The van der Waals surface area contributed by atoms with Crippen molar-refractivity contribution in [1.29, 1.82) is 0 Å². The number of hydrogen-bond acceptors (Lipinski definition) is 1. The molecule has 0 bridgehead atoms. The molecule has 0 aliphatic carbocycles. The van der Waals surface area contributed by atoms with Gasteiger partial charge in [-0.05, 0) is 44.4 Å². The summed E-state index contributed by atoms with van der Waals surface area (Å²) in [7, 11) is 0. The van der Waals surface area contributed by atoms with Gasteiger partial charge in [-0.2, -0.15) is 0 Å². The van der Waals surface area contributed by atoms with E-state index in [0.717, 1.165) is 19.4 Å². The van der Waals surface area contributed by atoms with E-state index >= 15 is 0 Å². The van der Waals surface area contributed by atoms with E-state index < -0.39 is 0 Å². The van der Waals surface area contributed by atoms with Crippen molar-refractivity contribution in [2.45, 2.75) is 39.7 Å². The molecule has 20 heavy (non-hydrogen) atoms. The van der Waals surface area contributed by atoms with Gasteiger partial charge in [0.1, 0.15) is 0 Å². The van der Waals surface area contributed by atoms with Gasteiger partial charge in [0, 0.05) is 6.04 Å². The van der Waals surface area contributed by atoms with Gasteiger partial charge in [-0.15, -0.1) is 0 Å². The van der Waals surface area contributed by atoms with Crippen LogP contribution in [0.25, 0.3) is 0 Å². The van der Waals surface area contributed by atoms with E-state index in [9.17, 15) is 0 Å². The van der Waals surface area contributed by atoms with E-state index in [2.05, 4.69) is 74.6 Å². The summed E-state index contributed by atoms with van der Waals surface area (Å²) in [6, 6.07) is 18.1. The van der Waals surface area contributed by atoms with Crippen molar-refractivity contribution in [3.05, 3.63) is 70.8 Å². The van der Waals surface area contributed by atoms with Gasteiger partial charge in [0.2, 0.25) is 0 Å². The molecule has 0 spiro atoms. The molecule has 0 fully saturated rings. The van der Waals surface area contributed by atoms with Crippen molar-refractivity contribution < 1.29 is 0 Å². The fourth-order valence-electron chi connectivity index (χ4n) is 2.88. The molecule has 1 unspecified atom stereocenters. The van der Waals surface area contributed by atoms with E-state index in [1.807, 2.05) is 0 Å². The Labute approximate surface area is 123 Å². The Kier molecular flexibility index (Phi) is 5.37. The second-order valence-corrected chi connectivity index (χ2v) is 5.64. The minimum atomic E-state index is 0.503. The standard InChI is InChI=1S/C19H25N/c1-4-20-19(13-17-8-6-5-7-9-17)14-18-11-15(2)10-16(3)12-18/h5-12,19-20H,4,13-14H2,1-3H3. The van der Waals surface area contributed by atoms with E-state index in [4.69, 9.17) is 0 Å². The lowest BCUT2D eigenvalue weighted by Crippen LogP contribution is -2.33. The molecule has 0 amide bonds. The largest absolute Gasteiger partial charge is 0.314 e. The zero-order chi connectivity index (χ0) is 14.4. The summed E-state index contributed by atoms with van der Waals surface area (Å²) in [5.74, 6) is 0. The van der Waals surface area contributed by atoms with Gasteiger partial charge in [0.05, 0.1) is 0 Å². The first-order valence-electron chi connectivity index (χ1n) is 7.52. The van der Waals surface area contributed by atoms with Crippen LogP contribution in [0.2, 0.25) is 0 Å². The third-order valence-corrected chi connectivity index (χ3v) is 3.58. The van der Waals surface area contributed by atoms with Crippen molar-refractivity contribution in [3.8, 4) is 0 Å². The number of benzene rings is 2. The topological polar surface area (TPSA) is 12.0 Å². The third kappa shape index (κ3) is 4.50. The fraction of sp³-hybridized carbons (Fsp3) is 0.368. The number of aryl methyl sites for hydroxylation is 2. The molecule has 2 aromatic rings. The van der Waals surface area contributed by atoms with Crippen LogP contribution in [0.15, 0.2) is 48.5 Å². The van der Waals surface area contributed by atoms with Crippen molar-refractivity contribution in [1.82, 2.24) is 5.32 Å². The molecule has 1 atom stereocenters. The first-order valence-corrected chi connectivity index (χ1v) is 7.52. The second-order valence-electron chi connectivity index (χ2n) is 5.64. The van der Waals surface area contributed by atoms with Gasteiger partial charge in [0.15, 0.2) is 0 Å². The molecule has 0 aliphatic rings. The van der Waals surface area contributed by atoms with Gasteiger partial charge in [-0.1, -0.05) is 66.6 Å². The monoisotopic (exact) mass is 267 g/mol. The molecular formula is C19H25N. The maximum absolute atomic E-state index is 3.62. The molecule has 1 nitrogen and oxygen atoms in total. The molecule has 1 N–H and O–H groups in total. The summed E-state index contributed by atoms with van der Waals surface area (Å²) in [5, 5.41) is 3.62. The van der Waals surface area contributed by atoms with Crippen LogP contribution in [0.4, 0.5) is 0 Å². The Bertz CT molecular complexity index is 510. The molecule has 0 aliphatic heterocycles. The second kappa shape index (κ2) is 7.25. The number of likely N-dealkylation sites (N-methyl/N-ethyl adjacent to an activating group) is 1. The zero-order valence-electron chi connectivity index (χ0n) is 12.8. The molecule has 0 saturated carbocycles. The van der Waals surface area contributed by atoms with Gasteiger partial charge >= 0.3 is 0 Å². The fourth-order valence-corrected chi connectivity index (χ4v) is 2.88. The van der Waals surface area contributed by atoms with Gasteiger partial charge in [-0.25, -0.2) is 0 Å². The van der Waals surface area contributed by atoms with E-state index in [-0.39, 0.29) is 0 Å². The summed E-state index contributed by atoms with van der Waals surface area (Å²) < 4.78 is 0. The highest BCUT2D eigenvalue weighted by Gasteiger charge is 2.10. The van der Waals surface area contributed by atoms with E-state index in [0.29, 0.717) is 6.04 Å². The first kappa shape index (κ1) is 14.8. The highest BCUT2D eigenvalue weighted by Crippen LogP contribution is 2.13.